The van der Waals surface area contributed by atoms with Crippen molar-refractivity contribution in [3.8, 4) is 5.75 Å². The van der Waals surface area contributed by atoms with E-state index >= 15 is 0 Å². The van der Waals surface area contributed by atoms with E-state index in [0.29, 0.717) is 19.0 Å². The summed E-state index contributed by atoms with van der Waals surface area (Å²) >= 11 is 0. The Morgan fingerprint density at radius 3 is 2.71 bits per heavy atom. The molecule has 5 nitrogen and oxygen atoms in total. The highest BCUT2D eigenvalue weighted by Crippen LogP contribution is 2.23. The summed E-state index contributed by atoms with van der Waals surface area (Å²) in [6, 6.07) is 7.44. The maximum Gasteiger partial charge on any atom is 0.315 e. The van der Waals surface area contributed by atoms with E-state index in [1.165, 1.54) is 0 Å². The Morgan fingerprint density at radius 1 is 1.29 bits per heavy atom. The molecule has 2 amide bonds. The lowest BCUT2D eigenvalue weighted by molar-refractivity contribution is 0.101. The molecule has 1 aromatic carbocycles. The first-order valence-electron chi connectivity index (χ1n) is 7.50. The summed E-state index contributed by atoms with van der Waals surface area (Å²) in [6.45, 7) is 1.12. The summed E-state index contributed by atoms with van der Waals surface area (Å²) in [7, 11) is 1.63. The molecule has 0 radical (unpaired) electrons. The quantitative estimate of drug-likeness (QED) is 0.778. The smallest absolute Gasteiger partial charge is 0.315 e. The van der Waals surface area contributed by atoms with Crippen LogP contribution in [0.3, 0.4) is 0 Å². The summed E-state index contributed by atoms with van der Waals surface area (Å²) < 4.78 is 5.09. The van der Waals surface area contributed by atoms with Crippen LogP contribution in [0.25, 0.3) is 0 Å². The molecule has 0 saturated heterocycles. The highest BCUT2D eigenvalue weighted by atomic mass is 16.5. The van der Waals surface area contributed by atoms with Crippen LogP contribution in [0.15, 0.2) is 24.3 Å². The number of methoxy groups -OCH3 is 1. The molecule has 0 bridgehead atoms. The number of benzene rings is 1. The average Bonchev–Trinajstić information content (AvgIpc) is 2.51. The van der Waals surface area contributed by atoms with Crippen LogP contribution in [0, 0.1) is 5.92 Å². The van der Waals surface area contributed by atoms with Gasteiger partial charge < -0.3 is 20.5 Å². The van der Waals surface area contributed by atoms with Gasteiger partial charge in [0.2, 0.25) is 0 Å². The predicted octanol–water partition coefficient (Wildman–Crippen LogP) is 2.05. The van der Waals surface area contributed by atoms with Crippen LogP contribution in [0.2, 0.25) is 0 Å². The number of nitrogens with one attached hydrogen (secondary N) is 2. The molecule has 0 aromatic heterocycles. The molecule has 1 fully saturated rings. The third-order valence-corrected chi connectivity index (χ3v) is 3.92. The number of carbonyl (C=O) groups excluding carboxylic acids is 1. The number of hydrogen-bond acceptors (Lipinski definition) is 3. The number of carbonyl (C=O) groups is 1. The Morgan fingerprint density at radius 2 is 2.05 bits per heavy atom. The Balaban J connectivity index is 1.67. The Hall–Kier alpha value is -1.75. The van der Waals surface area contributed by atoms with Crippen molar-refractivity contribution in [3.63, 3.8) is 0 Å². The van der Waals surface area contributed by atoms with Crippen LogP contribution in [0.1, 0.15) is 31.2 Å². The lowest BCUT2D eigenvalue weighted by Crippen LogP contribution is -2.39. The Bertz CT molecular complexity index is 447. The zero-order chi connectivity index (χ0) is 15.1. The van der Waals surface area contributed by atoms with E-state index in [1.807, 2.05) is 24.3 Å². The van der Waals surface area contributed by atoms with Crippen molar-refractivity contribution in [1.82, 2.24) is 10.6 Å². The van der Waals surface area contributed by atoms with Crippen LogP contribution in [-0.2, 0) is 6.54 Å². The van der Waals surface area contributed by atoms with Crippen molar-refractivity contribution in [2.24, 2.45) is 5.92 Å². The third kappa shape index (κ3) is 5.27. The second-order valence-corrected chi connectivity index (χ2v) is 5.60. The normalized spacial score (nSPS) is 21.6. The highest BCUT2D eigenvalue weighted by molar-refractivity contribution is 5.73. The maximum absolute atomic E-state index is 11.8. The molecule has 5 heteroatoms. The number of hydrogen-bond donors (Lipinski definition) is 3. The van der Waals surface area contributed by atoms with Crippen LogP contribution < -0.4 is 15.4 Å². The van der Waals surface area contributed by atoms with Crippen LogP contribution >= 0.6 is 0 Å². The van der Waals surface area contributed by atoms with Gasteiger partial charge in [0.15, 0.2) is 0 Å². The molecule has 1 saturated carbocycles. The molecule has 2 unspecified atom stereocenters. The van der Waals surface area contributed by atoms with Crippen molar-refractivity contribution in [2.75, 3.05) is 13.7 Å². The first-order chi connectivity index (χ1) is 10.2. The van der Waals surface area contributed by atoms with Crippen molar-refractivity contribution in [2.45, 2.75) is 38.3 Å². The number of ether oxygens (including phenoxy) is 1. The fourth-order valence-corrected chi connectivity index (χ4v) is 2.67. The maximum atomic E-state index is 11.8. The molecular weight excluding hydrogens is 268 g/mol. The minimum Gasteiger partial charge on any atom is -0.497 e. The number of aliphatic hydroxyl groups is 1. The van der Waals surface area contributed by atoms with E-state index in [-0.39, 0.29) is 12.1 Å². The van der Waals surface area contributed by atoms with Gasteiger partial charge in [0.05, 0.1) is 13.2 Å². The predicted molar refractivity (Wildman–Crippen MR) is 81.2 cm³/mol. The number of urea groups is 1. The SMILES string of the molecule is COc1ccc(CNC(=O)NCC2CCCC(O)C2)cc1. The standard InChI is InChI=1S/C16H24N2O3/c1-21-15-7-5-12(6-8-15)10-17-16(20)18-11-13-3-2-4-14(19)9-13/h5-8,13-14,19H,2-4,9-11H2,1H3,(H2,17,18,20). The van der Waals surface area contributed by atoms with Gasteiger partial charge in [-0.05, 0) is 42.9 Å². The number of rotatable bonds is 5. The minimum atomic E-state index is -0.201. The summed E-state index contributed by atoms with van der Waals surface area (Å²) in [4.78, 5) is 11.8. The average molecular weight is 292 g/mol. The van der Waals surface area contributed by atoms with Gasteiger partial charge in [-0.3, -0.25) is 0 Å². The second-order valence-electron chi connectivity index (χ2n) is 5.60. The highest BCUT2D eigenvalue weighted by Gasteiger charge is 2.20. The van der Waals surface area contributed by atoms with E-state index in [0.717, 1.165) is 37.0 Å². The monoisotopic (exact) mass is 292 g/mol. The molecule has 1 aromatic rings. The van der Waals surface area contributed by atoms with Gasteiger partial charge in [-0.25, -0.2) is 4.79 Å². The van der Waals surface area contributed by atoms with Gasteiger partial charge in [-0.2, -0.15) is 0 Å². The number of aliphatic hydroxyl groups excluding tert-OH is 1. The van der Waals surface area contributed by atoms with Crippen molar-refractivity contribution in [3.05, 3.63) is 29.8 Å². The first-order valence-corrected chi connectivity index (χ1v) is 7.50. The summed E-state index contributed by atoms with van der Waals surface area (Å²) in [5.74, 6) is 1.19. The largest absolute Gasteiger partial charge is 0.497 e. The summed E-state index contributed by atoms with van der Waals surface area (Å²) in [5, 5.41) is 15.3. The molecule has 1 aliphatic carbocycles. The van der Waals surface area contributed by atoms with Gasteiger partial charge in [0.25, 0.3) is 0 Å². The molecular formula is C16H24N2O3. The zero-order valence-electron chi connectivity index (χ0n) is 12.5. The van der Waals surface area contributed by atoms with Gasteiger partial charge in [-0.15, -0.1) is 0 Å². The summed E-state index contributed by atoms with van der Waals surface area (Å²) in [6.07, 6.45) is 3.60. The van der Waals surface area contributed by atoms with E-state index in [9.17, 15) is 9.90 Å². The molecule has 1 aliphatic rings. The van der Waals surface area contributed by atoms with Crippen molar-refractivity contribution < 1.29 is 14.6 Å². The molecule has 0 aliphatic heterocycles. The second kappa shape index (κ2) is 7.88. The molecule has 2 atom stereocenters. The molecule has 0 heterocycles. The minimum absolute atomic E-state index is 0.161. The lowest BCUT2D eigenvalue weighted by Gasteiger charge is -2.25. The van der Waals surface area contributed by atoms with E-state index in [1.54, 1.807) is 7.11 Å². The van der Waals surface area contributed by atoms with Crippen molar-refractivity contribution in [1.29, 1.82) is 0 Å². The third-order valence-electron chi connectivity index (χ3n) is 3.92. The Kier molecular flexibility index (Phi) is 5.87. The van der Waals surface area contributed by atoms with E-state index < -0.39 is 0 Å². The van der Waals surface area contributed by atoms with E-state index in [4.69, 9.17) is 4.74 Å². The van der Waals surface area contributed by atoms with E-state index in [2.05, 4.69) is 10.6 Å². The first kappa shape index (κ1) is 15.6. The van der Waals surface area contributed by atoms with Gasteiger partial charge in [-0.1, -0.05) is 18.6 Å². The fraction of sp³-hybridized carbons (Fsp3) is 0.562. The van der Waals surface area contributed by atoms with Crippen LogP contribution in [0.4, 0.5) is 4.79 Å². The topological polar surface area (TPSA) is 70.6 Å². The van der Waals surface area contributed by atoms with Gasteiger partial charge >= 0.3 is 6.03 Å². The molecule has 0 spiro atoms. The Labute approximate surface area is 125 Å². The molecule has 3 N–H and O–H groups in total. The zero-order valence-corrected chi connectivity index (χ0v) is 12.5. The number of amides is 2. The summed E-state index contributed by atoms with van der Waals surface area (Å²) in [5.41, 5.74) is 1.03. The van der Waals surface area contributed by atoms with Gasteiger partial charge in [0, 0.05) is 13.1 Å². The van der Waals surface area contributed by atoms with Gasteiger partial charge in [0.1, 0.15) is 5.75 Å². The lowest BCUT2D eigenvalue weighted by atomic mass is 9.87. The van der Waals surface area contributed by atoms with Crippen molar-refractivity contribution >= 4 is 6.03 Å². The van der Waals surface area contributed by atoms with Crippen LogP contribution in [-0.4, -0.2) is 30.9 Å². The van der Waals surface area contributed by atoms with Crippen LogP contribution in [0.5, 0.6) is 5.75 Å². The molecule has 21 heavy (non-hydrogen) atoms. The molecule has 2 rings (SSSR count). The molecule has 116 valence electrons. The fourth-order valence-electron chi connectivity index (χ4n) is 2.67.